The number of nitrogens with one attached hydrogen (secondary N) is 1. The third-order valence-corrected chi connectivity index (χ3v) is 4.86. The molecule has 1 amide bonds. The third kappa shape index (κ3) is 5.04. The van der Waals surface area contributed by atoms with Crippen LogP contribution in [0.15, 0.2) is 29.6 Å². The topological polar surface area (TPSA) is 77.2 Å². The van der Waals surface area contributed by atoms with E-state index in [2.05, 4.69) is 24.1 Å². The van der Waals surface area contributed by atoms with Gasteiger partial charge in [-0.15, -0.1) is 11.3 Å². The molecule has 130 valence electrons. The monoisotopic (exact) mass is 347 g/mol. The number of amides is 1. The summed E-state index contributed by atoms with van der Waals surface area (Å²) >= 11 is 1.56. The molecule has 0 saturated carbocycles. The minimum absolute atomic E-state index is 0.0128. The molecule has 0 unspecified atom stereocenters. The van der Waals surface area contributed by atoms with Crippen molar-refractivity contribution in [2.75, 3.05) is 20.2 Å². The zero-order valence-electron chi connectivity index (χ0n) is 14.5. The molecule has 1 aromatic heterocycles. The Labute approximate surface area is 147 Å². The fraction of sp³-hybridized carbons (Fsp3) is 0.444. The Bertz CT molecular complexity index is 665. The van der Waals surface area contributed by atoms with Crippen molar-refractivity contribution in [3.05, 3.63) is 45.9 Å². The van der Waals surface area contributed by atoms with Gasteiger partial charge in [-0.2, -0.15) is 0 Å². The molecule has 1 heterocycles. The normalized spacial score (nSPS) is 11.3. The van der Waals surface area contributed by atoms with Gasteiger partial charge in [0, 0.05) is 23.8 Å². The quantitative estimate of drug-likeness (QED) is 0.768. The van der Waals surface area contributed by atoms with Gasteiger partial charge < -0.3 is 15.8 Å². The summed E-state index contributed by atoms with van der Waals surface area (Å²) in [7, 11) is 1.65. The van der Waals surface area contributed by atoms with Gasteiger partial charge in [-0.3, -0.25) is 4.79 Å². The fourth-order valence-electron chi connectivity index (χ4n) is 2.36. The molecule has 0 radical (unpaired) electrons. The zero-order valence-corrected chi connectivity index (χ0v) is 15.3. The van der Waals surface area contributed by atoms with Gasteiger partial charge in [-0.25, -0.2) is 4.98 Å². The Balaban J connectivity index is 1.88. The number of rotatable bonds is 8. The lowest BCUT2D eigenvalue weighted by Gasteiger charge is -2.25. The summed E-state index contributed by atoms with van der Waals surface area (Å²) in [5, 5.41) is 5.92. The lowest BCUT2D eigenvalue weighted by atomic mass is 9.84. The summed E-state index contributed by atoms with van der Waals surface area (Å²) in [6.45, 7) is 5.36. The molecule has 1 aromatic carbocycles. The SMILES string of the molecule is COc1ccc(C(C)(C)CNC(=O)Cc2csc(CCN)n2)cc1. The molecular weight excluding hydrogens is 322 g/mol. The van der Waals surface area contributed by atoms with Crippen molar-refractivity contribution < 1.29 is 9.53 Å². The molecule has 24 heavy (non-hydrogen) atoms. The van der Waals surface area contributed by atoms with E-state index >= 15 is 0 Å². The second-order valence-electron chi connectivity index (χ2n) is 6.34. The maximum absolute atomic E-state index is 12.2. The van der Waals surface area contributed by atoms with Crippen molar-refractivity contribution in [2.24, 2.45) is 5.73 Å². The first kappa shape index (κ1) is 18.4. The number of aromatic nitrogens is 1. The van der Waals surface area contributed by atoms with Crippen LogP contribution in [0, 0.1) is 0 Å². The van der Waals surface area contributed by atoms with Gasteiger partial charge in [0.2, 0.25) is 5.91 Å². The Morgan fingerprint density at radius 1 is 1.33 bits per heavy atom. The minimum atomic E-state index is -0.158. The van der Waals surface area contributed by atoms with Crippen molar-refractivity contribution in [3.8, 4) is 5.75 Å². The number of thiazole rings is 1. The predicted molar refractivity (Wildman–Crippen MR) is 97.6 cm³/mol. The number of ether oxygens (including phenoxy) is 1. The first-order chi connectivity index (χ1) is 11.4. The van der Waals surface area contributed by atoms with E-state index in [1.165, 1.54) is 0 Å². The van der Waals surface area contributed by atoms with Crippen LogP contribution >= 0.6 is 11.3 Å². The first-order valence-electron chi connectivity index (χ1n) is 7.99. The van der Waals surface area contributed by atoms with Crippen LogP contribution in [0.1, 0.15) is 30.1 Å². The van der Waals surface area contributed by atoms with Gasteiger partial charge in [0.25, 0.3) is 0 Å². The zero-order chi connectivity index (χ0) is 17.6. The maximum Gasteiger partial charge on any atom is 0.226 e. The van der Waals surface area contributed by atoms with Crippen LogP contribution in [0.25, 0.3) is 0 Å². The molecule has 0 spiro atoms. The molecule has 2 rings (SSSR count). The summed E-state index contributed by atoms with van der Waals surface area (Å²) in [5.74, 6) is 0.816. The van der Waals surface area contributed by atoms with E-state index in [0.29, 0.717) is 19.5 Å². The minimum Gasteiger partial charge on any atom is -0.497 e. The van der Waals surface area contributed by atoms with Crippen LogP contribution in [-0.2, 0) is 23.1 Å². The summed E-state index contributed by atoms with van der Waals surface area (Å²) in [6, 6.07) is 7.94. The van der Waals surface area contributed by atoms with Gasteiger partial charge in [-0.1, -0.05) is 26.0 Å². The molecule has 0 fully saturated rings. The summed E-state index contributed by atoms with van der Waals surface area (Å²) in [5.41, 5.74) is 7.33. The van der Waals surface area contributed by atoms with Crippen LogP contribution in [0.5, 0.6) is 5.75 Å². The van der Waals surface area contributed by atoms with Gasteiger partial charge in [-0.05, 0) is 24.2 Å². The van der Waals surface area contributed by atoms with Crippen LogP contribution in [0.2, 0.25) is 0 Å². The molecule has 0 saturated heterocycles. The number of methoxy groups -OCH3 is 1. The summed E-state index contributed by atoms with van der Waals surface area (Å²) in [6.07, 6.45) is 1.07. The standard InChI is InChI=1S/C18H25N3O2S/c1-18(2,13-4-6-15(23-3)7-5-13)12-20-16(22)10-14-11-24-17(21-14)8-9-19/h4-7,11H,8-10,12,19H2,1-3H3,(H,20,22). The average molecular weight is 347 g/mol. The van der Waals surface area contributed by atoms with Crippen molar-refractivity contribution in [2.45, 2.75) is 32.1 Å². The number of benzene rings is 1. The molecular formula is C18H25N3O2S. The van der Waals surface area contributed by atoms with Gasteiger partial charge in [0.1, 0.15) is 5.75 Å². The molecule has 2 aromatic rings. The van der Waals surface area contributed by atoms with Crippen molar-refractivity contribution in [1.29, 1.82) is 0 Å². The summed E-state index contributed by atoms with van der Waals surface area (Å²) < 4.78 is 5.18. The highest BCUT2D eigenvalue weighted by molar-refractivity contribution is 7.09. The van der Waals surface area contributed by atoms with E-state index in [9.17, 15) is 4.79 Å². The van der Waals surface area contributed by atoms with Gasteiger partial charge in [0.05, 0.1) is 24.2 Å². The number of hydrogen-bond acceptors (Lipinski definition) is 5. The van der Waals surface area contributed by atoms with Crippen molar-refractivity contribution in [1.82, 2.24) is 10.3 Å². The fourth-order valence-corrected chi connectivity index (χ4v) is 3.17. The van der Waals surface area contributed by atoms with Crippen LogP contribution in [-0.4, -0.2) is 31.1 Å². The number of nitrogens with zero attached hydrogens (tertiary/aromatic N) is 1. The van der Waals surface area contributed by atoms with E-state index in [4.69, 9.17) is 10.5 Å². The number of nitrogens with two attached hydrogens (primary N) is 1. The number of carbonyl (C=O) groups excluding carboxylic acids is 1. The highest BCUT2D eigenvalue weighted by atomic mass is 32.1. The molecule has 0 atom stereocenters. The van der Waals surface area contributed by atoms with Crippen LogP contribution in [0.4, 0.5) is 0 Å². The maximum atomic E-state index is 12.2. The highest BCUT2D eigenvalue weighted by Crippen LogP contribution is 2.24. The second kappa shape index (κ2) is 8.26. The predicted octanol–water partition coefficient (Wildman–Crippen LogP) is 2.29. The molecule has 0 aliphatic carbocycles. The van der Waals surface area contributed by atoms with Crippen molar-refractivity contribution in [3.63, 3.8) is 0 Å². The van der Waals surface area contributed by atoms with E-state index in [1.807, 2.05) is 29.6 Å². The molecule has 0 bridgehead atoms. The second-order valence-corrected chi connectivity index (χ2v) is 7.28. The largest absolute Gasteiger partial charge is 0.497 e. The Morgan fingerprint density at radius 3 is 2.67 bits per heavy atom. The molecule has 6 heteroatoms. The lowest BCUT2D eigenvalue weighted by Crippen LogP contribution is -2.37. The average Bonchev–Trinajstić information content (AvgIpc) is 3.00. The molecule has 5 nitrogen and oxygen atoms in total. The third-order valence-electron chi connectivity index (χ3n) is 3.90. The highest BCUT2D eigenvalue weighted by Gasteiger charge is 2.21. The Kier molecular flexibility index (Phi) is 6.34. The molecule has 0 aliphatic heterocycles. The van der Waals surface area contributed by atoms with Gasteiger partial charge >= 0.3 is 0 Å². The smallest absolute Gasteiger partial charge is 0.226 e. The van der Waals surface area contributed by atoms with E-state index in [-0.39, 0.29) is 11.3 Å². The van der Waals surface area contributed by atoms with E-state index < -0.39 is 0 Å². The van der Waals surface area contributed by atoms with Gasteiger partial charge in [0.15, 0.2) is 0 Å². The molecule has 3 N–H and O–H groups in total. The molecule has 0 aliphatic rings. The van der Waals surface area contributed by atoms with E-state index in [0.717, 1.165) is 28.4 Å². The lowest BCUT2D eigenvalue weighted by molar-refractivity contribution is -0.120. The van der Waals surface area contributed by atoms with E-state index in [1.54, 1.807) is 18.4 Å². The van der Waals surface area contributed by atoms with Crippen LogP contribution < -0.4 is 15.8 Å². The number of hydrogen-bond donors (Lipinski definition) is 2. The van der Waals surface area contributed by atoms with Crippen LogP contribution in [0.3, 0.4) is 0 Å². The van der Waals surface area contributed by atoms with Crippen molar-refractivity contribution >= 4 is 17.2 Å². The number of carbonyl (C=O) groups is 1. The first-order valence-corrected chi connectivity index (χ1v) is 8.87. The summed E-state index contributed by atoms with van der Waals surface area (Å²) in [4.78, 5) is 16.6. The Morgan fingerprint density at radius 2 is 2.04 bits per heavy atom. The Hall–Kier alpha value is -1.92.